The lowest BCUT2D eigenvalue weighted by molar-refractivity contribution is 0.0482. The van der Waals surface area contributed by atoms with Crippen LogP contribution < -0.4 is 0 Å². The molecule has 0 radical (unpaired) electrons. The second kappa shape index (κ2) is 6.25. The van der Waals surface area contributed by atoms with Crippen molar-refractivity contribution < 1.29 is 14.3 Å². The fourth-order valence-corrected chi connectivity index (χ4v) is 1.62. The predicted molar refractivity (Wildman–Crippen MR) is 52.9 cm³/mol. The highest BCUT2D eigenvalue weighted by Gasteiger charge is 2.16. The van der Waals surface area contributed by atoms with Crippen LogP contribution in [-0.2, 0) is 9.47 Å². The Morgan fingerprint density at radius 1 is 1.73 bits per heavy atom. The fourth-order valence-electron chi connectivity index (χ4n) is 1.62. The lowest BCUT2D eigenvalue weighted by Crippen LogP contribution is -2.30. The first-order valence-corrected chi connectivity index (χ1v) is 5.13. The normalized spacial score (nSPS) is 20.4. The number of rotatable bonds is 3. The minimum atomic E-state index is -0.589. The quantitative estimate of drug-likeness (QED) is 0.662. The van der Waals surface area contributed by atoms with E-state index in [0.29, 0.717) is 12.5 Å². The number of hydrogen-bond donors (Lipinski definition) is 0. The molecule has 1 saturated heterocycles. The maximum absolute atomic E-state index is 11.1. The van der Waals surface area contributed by atoms with Crippen molar-refractivity contribution in [1.29, 1.82) is 5.26 Å². The zero-order valence-corrected chi connectivity index (χ0v) is 8.94. The largest absolute Gasteiger partial charge is 0.425 e. The van der Waals surface area contributed by atoms with E-state index < -0.39 is 6.09 Å². The number of carbonyl (C=O) groups excluding carboxylic acids is 1. The first kappa shape index (κ1) is 11.8. The summed E-state index contributed by atoms with van der Waals surface area (Å²) < 4.78 is 9.54. The molecule has 1 aliphatic heterocycles. The van der Waals surface area contributed by atoms with E-state index in [9.17, 15) is 4.79 Å². The molecular weight excluding hydrogens is 196 g/mol. The molecule has 1 amide bonds. The summed E-state index contributed by atoms with van der Waals surface area (Å²) in [5, 5.41) is 8.16. The molecule has 0 aliphatic carbocycles. The summed E-state index contributed by atoms with van der Waals surface area (Å²) >= 11 is 0. The van der Waals surface area contributed by atoms with Gasteiger partial charge in [0.15, 0.2) is 0 Å². The topological polar surface area (TPSA) is 62.6 Å². The molecule has 1 atom stereocenters. The third-order valence-electron chi connectivity index (χ3n) is 2.57. The van der Waals surface area contributed by atoms with Crippen LogP contribution in [0.3, 0.4) is 0 Å². The van der Waals surface area contributed by atoms with Crippen molar-refractivity contribution in [1.82, 2.24) is 4.90 Å². The molecule has 1 heterocycles. The number of carbonyl (C=O) groups is 1. The minimum absolute atomic E-state index is 0.524. The first-order chi connectivity index (χ1) is 7.24. The van der Waals surface area contributed by atoms with Gasteiger partial charge in [0, 0.05) is 26.8 Å². The summed E-state index contributed by atoms with van der Waals surface area (Å²) in [5.74, 6) is 0.524. The van der Waals surface area contributed by atoms with Crippen LogP contribution in [0.4, 0.5) is 4.79 Å². The average molecular weight is 212 g/mol. The number of amides is 1. The molecule has 0 saturated carbocycles. The first-order valence-electron chi connectivity index (χ1n) is 5.13. The monoisotopic (exact) mass is 212 g/mol. The molecule has 0 aromatic heterocycles. The van der Waals surface area contributed by atoms with Crippen LogP contribution in [0, 0.1) is 17.4 Å². The highest BCUT2D eigenvalue weighted by atomic mass is 16.5. The van der Waals surface area contributed by atoms with Gasteiger partial charge in [0.2, 0.25) is 0 Å². The highest BCUT2D eigenvalue weighted by Crippen LogP contribution is 2.17. The third-order valence-corrected chi connectivity index (χ3v) is 2.57. The Balaban J connectivity index is 2.18. The average Bonchev–Trinajstić information content (AvgIpc) is 2.27. The zero-order valence-electron chi connectivity index (χ0n) is 8.94. The molecule has 1 rings (SSSR count). The van der Waals surface area contributed by atoms with Crippen molar-refractivity contribution in [2.45, 2.75) is 19.3 Å². The standard InChI is InChI=1S/C10H16N2O3/c1-12(10(13)15-8-11)5-4-9-3-2-6-14-7-9/h9H,2-7H2,1H3/t9-/m0/s1. The Morgan fingerprint density at radius 3 is 3.13 bits per heavy atom. The highest BCUT2D eigenvalue weighted by molar-refractivity contribution is 5.68. The van der Waals surface area contributed by atoms with Crippen molar-refractivity contribution in [3.63, 3.8) is 0 Å². The molecule has 15 heavy (non-hydrogen) atoms. The minimum Gasteiger partial charge on any atom is -0.381 e. The van der Waals surface area contributed by atoms with Gasteiger partial charge in [-0.05, 0) is 25.2 Å². The van der Waals surface area contributed by atoms with Crippen LogP contribution in [0.1, 0.15) is 19.3 Å². The molecule has 0 unspecified atom stereocenters. The van der Waals surface area contributed by atoms with Crippen LogP contribution in [0.25, 0.3) is 0 Å². The number of hydrogen-bond acceptors (Lipinski definition) is 4. The molecule has 0 spiro atoms. The maximum Gasteiger partial charge on any atom is 0.425 e. The number of nitriles is 1. The Bertz CT molecular complexity index is 244. The Labute approximate surface area is 89.6 Å². The predicted octanol–water partition coefficient (Wildman–Crippen LogP) is 1.35. The van der Waals surface area contributed by atoms with E-state index in [-0.39, 0.29) is 0 Å². The van der Waals surface area contributed by atoms with E-state index in [4.69, 9.17) is 10.00 Å². The van der Waals surface area contributed by atoms with Crippen molar-refractivity contribution in [3.8, 4) is 6.26 Å². The van der Waals surface area contributed by atoms with E-state index in [1.165, 1.54) is 11.2 Å². The van der Waals surface area contributed by atoms with E-state index in [1.54, 1.807) is 7.05 Å². The molecule has 0 bridgehead atoms. The second-order valence-corrected chi connectivity index (χ2v) is 3.75. The number of ether oxygens (including phenoxy) is 2. The van der Waals surface area contributed by atoms with E-state index in [0.717, 1.165) is 32.5 Å². The molecule has 84 valence electrons. The van der Waals surface area contributed by atoms with Gasteiger partial charge in [-0.15, -0.1) is 5.26 Å². The second-order valence-electron chi connectivity index (χ2n) is 3.75. The van der Waals surface area contributed by atoms with Crippen molar-refractivity contribution in [2.24, 2.45) is 5.92 Å². The van der Waals surface area contributed by atoms with Crippen LogP contribution in [0.2, 0.25) is 0 Å². The summed E-state index contributed by atoms with van der Waals surface area (Å²) in [6.45, 7) is 2.23. The van der Waals surface area contributed by atoms with Crippen LogP contribution in [-0.4, -0.2) is 37.8 Å². The molecule has 1 aliphatic rings. The molecule has 0 aromatic rings. The summed E-state index contributed by atoms with van der Waals surface area (Å²) in [6.07, 6.45) is 3.93. The summed E-state index contributed by atoms with van der Waals surface area (Å²) in [4.78, 5) is 12.5. The Morgan fingerprint density at radius 2 is 2.53 bits per heavy atom. The van der Waals surface area contributed by atoms with E-state index >= 15 is 0 Å². The van der Waals surface area contributed by atoms with Crippen molar-refractivity contribution in [3.05, 3.63) is 0 Å². The fraction of sp³-hybridized carbons (Fsp3) is 0.800. The van der Waals surface area contributed by atoms with E-state index in [1.807, 2.05) is 0 Å². The van der Waals surface area contributed by atoms with Crippen LogP contribution >= 0.6 is 0 Å². The molecule has 5 nitrogen and oxygen atoms in total. The SMILES string of the molecule is CN(CC[C@@H]1CCCOC1)C(=O)OC#N. The lowest BCUT2D eigenvalue weighted by Gasteiger charge is -2.23. The molecule has 1 fully saturated rings. The van der Waals surface area contributed by atoms with Crippen LogP contribution in [0.15, 0.2) is 0 Å². The van der Waals surface area contributed by atoms with E-state index in [2.05, 4.69) is 4.74 Å². The lowest BCUT2D eigenvalue weighted by atomic mass is 9.98. The van der Waals surface area contributed by atoms with Gasteiger partial charge in [-0.2, -0.15) is 0 Å². The smallest absolute Gasteiger partial charge is 0.381 e. The van der Waals surface area contributed by atoms with Crippen LogP contribution in [0.5, 0.6) is 0 Å². The van der Waals surface area contributed by atoms with Gasteiger partial charge in [0.05, 0.1) is 0 Å². The summed E-state index contributed by atoms with van der Waals surface area (Å²) in [5.41, 5.74) is 0. The van der Waals surface area contributed by atoms with Gasteiger partial charge in [0.25, 0.3) is 6.26 Å². The third kappa shape index (κ3) is 4.17. The molecule has 0 aromatic carbocycles. The van der Waals surface area contributed by atoms with Gasteiger partial charge >= 0.3 is 6.09 Å². The van der Waals surface area contributed by atoms with Gasteiger partial charge in [-0.25, -0.2) is 4.79 Å². The van der Waals surface area contributed by atoms with Gasteiger partial charge in [0.1, 0.15) is 0 Å². The van der Waals surface area contributed by atoms with Gasteiger partial charge in [-0.1, -0.05) is 0 Å². The Hall–Kier alpha value is -1.28. The maximum atomic E-state index is 11.1. The van der Waals surface area contributed by atoms with Crippen molar-refractivity contribution >= 4 is 6.09 Å². The Kier molecular flexibility index (Phi) is 4.91. The molecular formula is C10H16N2O3. The molecule has 0 N–H and O–H groups in total. The van der Waals surface area contributed by atoms with Gasteiger partial charge < -0.3 is 14.4 Å². The summed E-state index contributed by atoms with van der Waals surface area (Å²) in [7, 11) is 1.63. The number of nitrogens with zero attached hydrogens (tertiary/aromatic N) is 2. The molecule has 5 heteroatoms. The summed E-state index contributed by atoms with van der Waals surface area (Å²) in [6, 6.07) is 0. The van der Waals surface area contributed by atoms with Crippen molar-refractivity contribution in [2.75, 3.05) is 26.8 Å². The zero-order chi connectivity index (χ0) is 11.1. The van der Waals surface area contributed by atoms with Gasteiger partial charge in [-0.3, -0.25) is 0 Å².